The second-order valence-corrected chi connectivity index (χ2v) is 8.99. The van der Waals surface area contributed by atoms with Crippen LogP contribution in [0.25, 0.3) is 5.69 Å². The monoisotopic (exact) mass is 422 g/mol. The number of carbonyl (C=O) groups excluding carboxylic acids is 1. The number of carbonyl (C=O) groups is 1. The van der Waals surface area contributed by atoms with E-state index in [9.17, 15) is 13.2 Å². The highest BCUT2D eigenvalue weighted by Gasteiger charge is 2.36. The van der Waals surface area contributed by atoms with Crippen LogP contribution in [0, 0.1) is 6.92 Å². The van der Waals surface area contributed by atoms with Gasteiger partial charge in [-0.05, 0) is 54.8 Å². The molecule has 1 amide bonds. The summed E-state index contributed by atoms with van der Waals surface area (Å²) >= 11 is 0. The number of rotatable bonds is 7. The van der Waals surface area contributed by atoms with Crippen molar-refractivity contribution in [2.45, 2.75) is 45.6 Å². The number of tetrazole rings is 1. The zero-order chi connectivity index (χ0) is 21.0. The van der Waals surface area contributed by atoms with Gasteiger partial charge in [0.1, 0.15) is 17.5 Å². The maximum atomic E-state index is 13.0. The van der Waals surface area contributed by atoms with Crippen LogP contribution in [-0.4, -0.2) is 64.3 Å². The molecule has 11 heteroatoms. The maximum Gasteiger partial charge on any atom is 0.242 e. The van der Waals surface area contributed by atoms with Crippen LogP contribution in [0.1, 0.15) is 38.4 Å². The third-order valence-electron chi connectivity index (χ3n) is 4.88. The summed E-state index contributed by atoms with van der Waals surface area (Å²) in [6.45, 7) is 3.94. The van der Waals surface area contributed by atoms with Crippen LogP contribution in [0.3, 0.4) is 0 Å². The molecule has 2 heterocycles. The van der Waals surface area contributed by atoms with E-state index in [1.165, 1.54) is 16.1 Å². The van der Waals surface area contributed by atoms with Crippen molar-refractivity contribution in [1.82, 2.24) is 24.5 Å². The molecule has 2 aromatic rings. The van der Waals surface area contributed by atoms with Crippen LogP contribution in [0.15, 0.2) is 18.2 Å². The third-order valence-corrected chi connectivity index (χ3v) is 6.95. The van der Waals surface area contributed by atoms with Gasteiger partial charge in [-0.2, -0.15) is 8.99 Å². The Morgan fingerprint density at radius 1 is 1.34 bits per heavy atom. The molecule has 1 unspecified atom stereocenters. The van der Waals surface area contributed by atoms with Gasteiger partial charge < -0.3 is 10.1 Å². The van der Waals surface area contributed by atoms with Gasteiger partial charge in [-0.25, -0.2) is 8.42 Å². The van der Waals surface area contributed by atoms with E-state index in [4.69, 9.17) is 4.74 Å². The fourth-order valence-corrected chi connectivity index (χ4v) is 5.23. The summed E-state index contributed by atoms with van der Waals surface area (Å²) in [7, 11) is -1.92. The van der Waals surface area contributed by atoms with Gasteiger partial charge in [0.2, 0.25) is 15.9 Å². The number of methoxy groups -OCH3 is 1. The maximum absolute atomic E-state index is 13.0. The molecule has 1 aliphatic rings. The van der Waals surface area contributed by atoms with Gasteiger partial charge in [-0.15, -0.1) is 5.10 Å². The first-order chi connectivity index (χ1) is 13.9. The predicted octanol–water partition coefficient (Wildman–Crippen LogP) is 1.51. The minimum Gasteiger partial charge on any atom is -0.494 e. The third kappa shape index (κ3) is 4.56. The Kier molecular flexibility index (Phi) is 6.48. The van der Waals surface area contributed by atoms with Gasteiger partial charge in [0, 0.05) is 12.2 Å². The molecule has 0 spiro atoms. The van der Waals surface area contributed by atoms with Crippen LogP contribution in [-0.2, 0) is 14.8 Å². The van der Waals surface area contributed by atoms with Crippen molar-refractivity contribution in [3.8, 4) is 11.4 Å². The van der Waals surface area contributed by atoms with Crippen molar-refractivity contribution in [3.63, 3.8) is 0 Å². The lowest BCUT2D eigenvalue weighted by molar-refractivity contribution is -0.120. The number of aryl methyl sites for hydroxylation is 1. The van der Waals surface area contributed by atoms with Gasteiger partial charge in [-0.1, -0.05) is 13.3 Å². The quantitative estimate of drug-likeness (QED) is 0.718. The average Bonchev–Trinajstić information content (AvgIpc) is 3.13. The first-order valence-electron chi connectivity index (χ1n) is 9.61. The second kappa shape index (κ2) is 8.87. The van der Waals surface area contributed by atoms with Gasteiger partial charge in [0.25, 0.3) is 0 Å². The van der Waals surface area contributed by atoms with Gasteiger partial charge >= 0.3 is 0 Å². The molecular formula is C18H26N6O4S. The number of hydrogen-bond acceptors (Lipinski definition) is 7. The number of amides is 1. The lowest BCUT2D eigenvalue weighted by Gasteiger charge is -2.33. The number of nitrogens with zero attached hydrogens (tertiary/aromatic N) is 5. The molecule has 1 saturated heterocycles. The molecule has 1 atom stereocenters. The largest absolute Gasteiger partial charge is 0.494 e. The first kappa shape index (κ1) is 21.2. The molecule has 0 aliphatic carbocycles. The minimum atomic E-state index is -3.46. The number of hydrogen-bond donors (Lipinski definition) is 1. The zero-order valence-electron chi connectivity index (χ0n) is 16.8. The molecule has 1 fully saturated rings. The van der Waals surface area contributed by atoms with Crippen molar-refractivity contribution >= 4 is 21.6 Å². The number of ether oxygens (including phenoxy) is 1. The van der Waals surface area contributed by atoms with Crippen molar-refractivity contribution in [2.75, 3.05) is 24.7 Å². The van der Waals surface area contributed by atoms with E-state index >= 15 is 0 Å². The van der Waals surface area contributed by atoms with Crippen molar-refractivity contribution < 1.29 is 17.9 Å². The standard InChI is InChI=1S/C18H26N6O4S/c1-4-11-29(26,27)23-10-6-5-7-15(23)18(25)19-14-8-9-17(28-3)16(12-14)24-13(2)20-21-22-24/h8-9,12,15H,4-7,10-11H2,1-3H3,(H,19,25). The fourth-order valence-electron chi connectivity index (χ4n) is 3.49. The summed E-state index contributed by atoms with van der Waals surface area (Å²) < 4.78 is 33.4. The Morgan fingerprint density at radius 3 is 2.79 bits per heavy atom. The first-order valence-corrected chi connectivity index (χ1v) is 11.2. The van der Waals surface area contributed by atoms with E-state index in [1.54, 1.807) is 25.1 Å². The number of nitrogens with one attached hydrogen (secondary N) is 1. The Labute approximate surface area is 170 Å². The molecule has 0 saturated carbocycles. The Balaban J connectivity index is 1.85. The van der Waals surface area contributed by atoms with Crippen molar-refractivity contribution in [2.24, 2.45) is 0 Å². The van der Waals surface area contributed by atoms with E-state index in [1.807, 2.05) is 6.92 Å². The molecule has 10 nitrogen and oxygen atoms in total. The van der Waals surface area contributed by atoms with E-state index in [2.05, 4.69) is 20.8 Å². The fraction of sp³-hybridized carbons (Fsp3) is 0.556. The topological polar surface area (TPSA) is 119 Å². The molecule has 3 rings (SSSR count). The zero-order valence-corrected chi connectivity index (χ0v) is 17.6. The number of sulfonamides is 1. The van der Waals surface area contributed by atoms with Gasteiger partial charge in [-0.3, -0.25) is 4.79 Å². The lowest BCUT2D eigenvalue weighted by Crippen LogP contribution is -2.50. The van der Waals surface area contributed by atoms with Crippen molar-refractivity contribution in [3.05, 3.63) is 24.0 Å². The van der Waals surface area contributed by atoms with Crippen LogP contribution in [0.4, 0.5) is 5.69 Å². The Hall–Kier alpha value is -2.53. The Bertz CT molecular complexity index is 974. The smallest absolute Gasteiger partial charge is 0.242 e. The Morgan fingerprint density at radius 2 is 2.14 bits per heavy atom. The molecule has 158 valence electrons. The highest BCUT2D eigenvalue weighted by Crippen LogP contribution is 2.28. The molecule has 29 heavy (non-hydrogen) atoms. The predicted molar refractivity (Wildman–Crippen MR) is 107 cm³/mol. The molecule has 0 bridgehead atoms. The lowest BCUT2D eigenvalue weighted by atomic mass is 10.0. The summed E-state index contributed by atoms with van der Waals surface area (Å²) in [5.41, 5.74) is 1.09. The van der Waals surface area contributed by atoms with Gasteiger partial charge in [0.15, 0.2) is 5.82 Å². The number of anilines is 1. The molecular weight excluding hydrogens is 396 g/mol. The summed E-state index contributed by atoms with van der Waals surface area (Å²) in [5, 5.41) is 14.3. The van der Waals surface area contributed by atoms with Crippen LogP contribution >= 0.6 is 0 Å². The van der Waals surface area contributed by atoms with E-state index in [0.29, 0.717) is 42.3 Å². The molecule has 1 aromatic heterocycles. The van der Waals surface area contributed by atoms with Crippen LogP contribution < -0.4 is 10.1 Å². The van der Waals surface area contributed by atoms with Crippen molar-refractivity contribution in [1.29, 1.82) is 0 Å². The number of aromatic nitrogens is 4. The molecule has 1 N–H and O–H groups in total. The highest BCUT2D eigenvalue weighted by molar-refractivity contribution is 7.89. The number of benzene rings is 1. The second-order valence-electron chi connectivity index (χ2n) is 6.95. The summed E-state index contributed by atoms with van der Waals surface area (Å²) in [6, 6.07) is 4.40. The average molecular weight is 423 g/mol. The minimum absolute atomic E-state index is 0.0437. The van der Waals surface area contributed by atoms with E-state index < -0.39 is 16.1 Å². The normalized spacial score (nSPS) is 17.8. The summed E-state index contributed by atoms with van der Waals surface area (Å²) in [5.74, 6) is 0.815. The molecule has 0 radical (unpaired) electrons. The van der Waals surface area contributed by atoms with Crippen LogP contribution in [0.5, 0.6) is 5.75 Å². The van der Waals surface area contributed by atoms with Gasteiger partial charge in [0.05, 0.1) is 12.9 Å². The van der Waals surface area contributed by atoms with Crippen LogP contribution in [0.2, 0.25) is 0 Å². The molecule has 1 aromatic carbocycles. The van der Waals surface area contributed by atoms with E-state index in [0.717, 1.165) is 12.8 Å². The summed E-state index contributed by atoms with van der Waals surface area (Å²) in [4.78, 5) is 13.0. The van der Waals surface area contributed by atoms with E-state index in [-0.39, 0.29) is 11.7 Å². The highest BCUT2D eigenvalue weighted by atomic mass is 32.2. The summed E-state index contributed by atoms with van der Waals surface area (Å²) in [6.07, 6.45) is 2.59. The SMILES string of the molecule is CCCS(=O)(=O)N1CCCCC1C(=O)Nc1ccc(OC)c(-n2nnnc2C)c1. The molecule has 1 aliphatic heterocycles. The number of piperidine rings is 1.